The molecular weight excluding hydrogens is 428 g/mol. The van der Waals surface area contributed by atoms with Gasteiger partial charge in [-0.25, -0.2) is 0 Å². The van der Waals surface area contributed by atoms with Crippen LogP contribution in [0.15, 0.2) is 85.2 Å². The zero-order valence-corrected chi connectivity index (χ0v) is 17.7. The van der Waals surface area contributed by atoms with Crippen LogP contribution in [0.3, 0.4) is 0 Å². The summed E-state index contributed by atoms with van der Waals surface area (Å²) in [6, 6.07) is 21.3. The van der Waals surface area contributed by atoms with Crippen molar-refractivity contribution in [3.63, 3.8) is 0 Å². The van der Waals surface area contributed by atoms with E-state index in [0.29, 0.717) is 20.8 Å². The maximum atomic E-state index is 13.6. The van der Waals surface area contributed by atoms with Crippen molar-refractivity contribution in [3.05, 3.63) is 105 Å². The zero-order valence-electron chi connectivity index (χ0n) is 16.1. The number of Topliss-reactive ketones (excluding diaryl/α,β-unsaturated/α-hetero) is 2. The maximum Gasteiger partial charge on any atom is 0.271 e. The first-order valence-corrected chi connectivity index (χ1v) is 10.7. The lowest BCUT2D eigenvalue weighted by Crippen LogP contribution is -2.39. The number of allylic oxidation sites excluding steroid dienone is 2. The molecule has 0 radical (unpaired) electrons. The molecule has 2 heterocycles. The molecule has 0 amide bonds. The van der Waals surface area contributed by atoms with Gasteiger partial charge in [0.05, 0.1) is 5.69 Å². The fourth-order valence-electron chi connectivity index (χ4n) is 3.70. The molecule has 5 rings (SSSR count). The highest BCUT2D eigenvalue weighted by molar-refractivity contribution is 7.73. The Hall–Kier alpha value is -3.68. The highest BCUT2D eigenvalue weighted by Gasteiger charge is 2.41. The molecule has 0 saturated heterocycles. The molecule has 7 heteroatoms. The molecule has 4 aromatic rings. The summed E-state index contributed by atoms with van der Waals surface area (Å²) < 4.78 is 3.50. The fraction of sp³-hybridized carbons (Fsp3) is 0. The monoisotopic (exact) mass is 443 g/mol. The summed E-state index contributed by atoms with van der Waals surface area (Å²) in [6.07, 6.45) is 3.41. The topological polar surface area (TPSA) is 63.2 Å². The second-order valence-electron chi connectivity index (χ2n) is 6.90. The van der Waals surface area contributed by atoms with Crippen molar-refractivity contribution in [1.82, 2.24) is 4.57 Å². The zero-order chi connectivity index (χ0) is 21.5. The highest BCUT2D eigenvalue weighted by Crippen LogP contribution is 2.41. The van der Waals surface area contributed by atoms with E-state index in [0.717, 1.165) is 11.3 Å². The van der Waals surface area contributed by atoms with Gasteiger partial charge in [0.25, 0.3) is 11.5 Å². The second-order valence-corrected chi connectivity index (χ2v) is 8.55. The number of aromatic hydroxyl groups is 1. The van der Waals surface area contributed by atoms with Crippen LogP contribution >= 0.6 is 23.6 Å². The SMILES string of the molecule is O=C1C(c2sc(=S)n(-c3ccccc3)c2O)=C([n+]2ccccc2)C(=O)c2ccccc21. The van der Waals surface area contributed by atoms with Gasteiger partial charge in [-0.2, -0.15) is 4.57 Å². The molecule has 2 aromatic heterocycles. The number of thiazole rings is 1. The van der Waals surface area contributed by atoms with Crippen molar-refractivity contribution in [1.29, 1.82) is 0 Å². The summed E-state index contributed by atoms with van der Waals surface area (Å²) in [6.45, 7) is 0. The van der Waals surface area contributed by atoms with Crippen LogP contribution in [0.4, 0.5) is 0 Å². The lowest BCUT2D eigenvalue weighted by atomic mass is 9.86. The number of hydrogen-bond acceptors (Lipinski definition) is 5. The normalized spacial score (nSPS) is 13.4. The van der Waals surface area contributed by atoms with Crippen molar-refractivity contribution in [3.8, 4) is 11.6 Å². The van der Waals surface area contributed by atoms with Gasteiger partial charge in [-0.05, 0) is 24.4 Å². The van der Waals surface area contributed by atoms with Crippen LogP contribution in [0.5, 0.6) is 5.88 Å². The maximum absolute atomic E-state index is 13.6. The molecule has 2 aromatic carbocycles. The molecule has 0 spiro atoms. The third-order valence-electron chi connectivity index (χ3n) is 5.10. The van der Waals surface area contributed by atoms with E-state index in [1.54, 1.807) is 53.4 Å². The van der Waals surface area contributed by atoms with Crippen molar-refractivity contribution >= 4 is 46.4 Å². The van der Waals surface area contributed by atoms with E-state index in [4.69, 9.17) is 12.2 Å². The number of pyridine rings is 1. The number of nitrogens with zero attached hydrogens (tertiary/aromatic N) is 2. The molecule has 1 aliphatic carbocycles. The first-order chi connectivity index (χ1) is 15.1. The molecule has 0 saturated carbocycles. The van der Waals surface area contributed by atoms with E-state index in [-0.39, 0.29) is 33.6 Å². The number of aromatic nitrogens is 2. The largest absolute Gasteiger partial charge is 0.493 e. The Kier molecular flexibility index (Phi) is 4.69. The number of benzene rings is 2. The molecule has 0 atom stereocenters. The molecule has 31 heavy (non-hydrogen) atoms. The molecular formula is C24H15N2O3S2+. The van der Waals surface area contributed by atoms with Crippen molar-refractivity contribution in [2.45, 2.75) is 0 Å². The molecule has 0 fully saturated rings. The summed E-state index contributed by atoms with van der Waals surface area (Å²) in [5, 5.41) is 11.1. The molecule has 1 N–H and O–H groups in total. The van der Waals surface area contributed by atoms with Crippen LogP contribution in [0.25, 0.3) is 17.0 Å². The molecule has 0 bridgehead atoms. The third-order valence-corrected chi connectivity index (χ3v) is 6.48. The number of carbonyl (C=O) groups excluding carboxylic acids is 2. The summed E-state index contributed by atoms with van der Waals surface area (Å²) in [7, 11) is 0. The van der Waals surface area contributed by atoms with E-state index in [1.807, 2.05) is 36.4 Å². The minimum atomic E-state index is -0.326. The Morgan fingerprint density at radius 1 is 0.806 bits per heavy atom. The van der Waals surface area contributed by atoms with E-state index in [2.05, 4.69) is 0 Å². The van der Waals surface area contributed by atoms with Gasteiger partial charge in [0.1, 0.15) is 10.5 Å². The van der Waals surface area contributed by atoms with Crippen LogP contribution < -0.4 is 4.57 Å². The Balaban J connectivity index is 1.83. The van der Waals surface area contributed by atoms with Gasteiger partial charge in [-0.1, -0.05) is 59.9 Å². The number of hydrogen-bond donors (Lipinski definition) is 1. The number of rotatable bonds is 3. The summed E-state index contributed by atoms with van der Waals surface area (Å²) in [5.74, 6) is -0.773. The Morgan fingerprint density at radius 2 is 1.39 bits per heavy atom. The minimum Gasteiger partial charge on any atom is -0.493 e. The number of carbonyl (C=O) groups is 2. The number of ketones is 2. The fourth-order valence-corrected chi connectivity index (χ4v) is 5.08. The smallest absolute Gasteiger partial charge is 0.271 e. The van der Waals surface area contributed by atoms with E-state index in [1.165, 1.54) is 4.57 Å². The molecule has 5 nitrogen and oxygen atoms in total. The second kappa shape index (κ2) is 7.54. The quantitative estimate of drug-likeness (QED) is 0.368. The van der Waals surface area contributed by atoms with Crippen LogP contribution in [0, 0.1) is 3.95 Å². The molecule has 0 unspecified atom stereocenters. The first kappa shape index (κ1) is 19.3. The predicted octanol–water partition coefficient (Wildman–Crippen LogP) is 4.71. The van der Waals surface area contributed by atoms with Gasteiger partial charge >= 0.3 is 0 Å². The van der Waals surface area contributed by atoms with Crippen molar-refractivity contribution in [2.24, 2.45) is 0 Å². The molecule has 1 aliphatic rings. The van der Waals surface area contributed by atoms with Crippen LogP contribution in [0.1, 0.15) is 25.6 Å². The van der Waals surface area contributed by atoms with Gasteiger partial charge < -0.3 is 5.11 Å². The van der Waals surface area contributed by atoms with E-state index < -0.39 is 0 Å². The lowest BCUT2D eigenvalue weighted by molar-refractivity contribution is -0.576. The third kappa shape index (κ3) is 3.06. The van der Waals surface area contributed by atoms with Crippen LogP contribution in [-0.4, -0.2) is 21.2 Å². The van der Waals surface area contributed by atoms with Gasteiger partial charge in [0.15, 0.2) is 16.3 Å². The Bertz CT molecular complexity index is 1430. The van der Waals surface area contributed by atoms with Crippen molar-refractivity contribution < 1.29 is 19.3 Å². The lowest BCUT2D eigenvalue weighted by Gasteiger charge is -2.16. The van der Waals surface area contributed by atoms with Gasteiger partial charge in [-0.15, -0.1) is 0 Å². The number of para-hydroxylation sites is 1. The Labute approximate surface area is 186 Å². The van der Waals surface area contributed by atoms with Gasteiger partial charge in [0, 0.05) is 23.3 Å². The average Bonchev–Trinajstić information content (AvgIpc) is 3.10. The molecule has 0 aliphatic heterocycles. The summed E-state index contributed by atoms with van der Waals surface area (Å²) in [5.41, 5.74) is 1.66. The summed E-state index contributed by atoms with van der Waals surface area (Å²) in [4.78, 5) is 27.3. The standard InChI is InChI=1S/C24H14N2O3S2/c27-20-16-11-5-6-12-17(16)21(28)19(25-13-7-2-8-14-25)18(20)22-23(29)26(24(30)31-22)15-9-3-1-4-10-15/h1-14H/p+1. The van der Waals surface area contributed by atoms with Gasteiger partial charge in [0.2, 0.25) is 11.7 Å². The van der Waals surface area contributed by atoms with E-state index in [9.17, 15) is 14.7 Å². The average molecular weight is 444 g/mol. The minimum absolute atomic E-state index is 0.142. The van der Waals surface area contributed by atoms with Gasteiger partial charge in [-0.3, -0.25) is 14.2 Å². The molecule has 150 valence electrons. The predicted molar refractivity (Wildman–Crippen MR) is 121 cm³/mol. The van der Waals surface area contributed by atoms with E-state index >= 15 is 0 Å². The highest BCUT2D eigenvalue weighted by atomic mass is 32.1. The van der Waals surface area contributed by atoms with Crippen LogP contribution in [-0.2, 0) is 0 Å². The van der Waals surface area contributed by atoms with Crippen LogP contribution in [0.2, 0.25) is 0 Å². The summed E-state index contributed by atoms with van der Waals surface area (Å²) >= 11 is 6.61. The first-order valence-electron chi connectivity index (χ1n) is 9.48. The van der Waals surface area contributed by atoms with Crippen molar-refractivity contribution in [2.75, 3.05) is 0 Å². The number of fused-ring (bicyclic) bond motifs is 1. The Morgan fingerprint density at radius 3 is 2.06 bits per heavy atom.